The fourth-order valence-corrected chi connectivity index (χ4v) is 2.86. The molecule has 7 nitrogen and oxygen atoms in total. The highest BCUT2D eigenvalue weighted by atomic mass is 32.1. The summed E-state index contributed by atoms with van der Waals surface area (Å²) >= 11 is 3.88. The van der Waals surface area contributed by atoms with Gasteiger partial charge in [-0.3, -0.25) is 10.1 Å². The van der Waals surface area contributed by atoms with Crippen LogP contribution in [0.3, 0.4) is 0 Å². The van der Waals surface area contributed by atoms with E-state index in [4.69, 9.17) is 19.3 Å². The molecule has 0 aromatic heterocycles. The lowest BCUT2D eigenvalue weighted by atomic mass is 9.94. The minimum atomic E-state index is -0.578. The molecule has 2 N–H and O–H groups in total. The maximum atomic E-state index is 12.5. The summed E-state index contributed by atoms with van der Waals surface area (Å²) in [5.74, 6) is 0.109. The van der Waals surface area contributed by atoms with Crippen LogP contribution in [0, 0.1) is 5.92 Å². The maximum Gasteiger partial charge on any atom is 0.412 e. The second kappa shape index (κ2) is 12.8. The molecule has 2 atom stereocenters. The van der Waals surface area contributed by atoms with Gasteiger partial charge in [-0.25, -0.2) is 4.79 Å². The van der Waals surface area contributed by atoms with Gasteiger partial charge in [0.15, 0.2) is 0 Å². The van der Waals surface area contributed by atoms with Crippen LogP contribution in [-0.4, -0.2) is 42.7 Å². The van der Waals surface area contributed by atoms with Crippen molar-refractivity contribution in [2.45, 2.75) is 19.4 Å². The molecule has 1 amide bonds. The van der Waals surface area contributed by atoms with Crippen LogP contribution in [0.2, 0.25) is 0 Å². The van der Waals surface area contributed by atoms with Crippen LogP contribution >= 0.6 is 12.6 Å². The summed E-state index contributed by atoms with van der Waals surface area (Å²) in [6.45, 7) is 2.25. The van der Waals surface area contributed by atoms with Crippen LogP contribution in [0.5, 0.6) is 5.75 Å². The molecule has 0 spiro atoms. The zero-order chi connectivity index (χ0) is 21.8. The molecule has 2 aromatic carbocycles. The van der Waals surface area contributed by atoms with Crippen molar-refractivity contribution in [2.75, 3.05) is 30.9 Å². The zero-order valence-corrected chi connectivity index (χ0v) is 17.7. The molecule has 0 saturated heterocycles. The Morgan fingerprint density at radius 1 is 1.07 bits per heavy atom. The second-order valence-electron chi connectivity index (χ2n) is 6.60. The van der Waals surface area contributed by atoms with E-state index < -0.39 is 18.2 Å². The summed E-state index contributed by atoms with van der Waals surface area (Å²) in [6.07, 6.45) is -0.632. The quantitative estimate of drug-likeness (QED) is 0.368. The van der Waals surface area contributed by atoms with Crippen molar-refractivity contribution in [2.24, 2.45) is 5.92 Å². The Kier molecular flexibility index (Phi) is 10.0. The van der Waals surface area contributed by atoms with Crippen LogP contribution < -0.4 is 10.1 Å². The summed E-state index contributed by atoms with van der Waals surface area (Å²) in [5.41, 5.74) is 1.41. The number of ether oxygens (including phenoxy) is 3. The van der Waals surface area contributed by atoms with E-state index in [2.05, 4.69) is 17.9 Å². The molecule has 8 heteroatoms. The average molecular weight is 434 g/mol. The normalized spacial score (nSPS) is 12.5. The van der Waals surface area contributed by atoms with E-state index in [9.17, 15) is 9.59 Å². The van der Waals surface area contributed by atoms with Crippen molar-refractivity contribution in [1.29, 1.82) is 0 Å². The Morgan fingerprint density at radius 2 is 1.77 bits per heavy atom. The maximum absolute atomic E-state index is 12.5. The molecule has 2 rings (SSSR count). The Balaban J connectivity index is 2.08. The first-order valence-electron chi connectivity index (χ1n) is 9.66. The number of carbonyl (C=O) groups is 2. The lowest BCUT2D eigenvalue weighted by Gasteiger charge is -2.25. The van der Waals surface area contributed by atoms with Crippen LogP contribution in [0.25, 0.3) is 0 Å². The molecule has 30 heavy (non-hydrogen) atoms. The van der Waals surface area contributed by atoms with Crippen molar-refractivity contribution < 1.29 is 28.9 Å². The smallest absolute Gasteiger partial charge is 0.412 e. The molecule has 0 saturated carbocycles. The Morgan fingerprint density at radius 3 is 2.40 bits per heavy atom. The van der Waals surface area contributed by atoms with Crippen molar-refractivity contribution in [3.63, 3.8) is 0 Å². The Labute approximate surface area is 181 Å². The zero-order valence-electron chi connectivity index (χ0n) is 16.8. The first-order chi connectivity index (χ1) is 14.5. The van der Waals surface area contributed by atoms with Gasteiger partial charge in [-0.1, -0.05) is 37.3 Å². The lowest BCUT2D eigenvalue weighted by Crippen LogP contribution is -2.23. The minimum absolute atomic E-state index is 0.0170. The van der Waals surface area contributed by atoms with E-state index >= 15 is 0 Å². The molecule has 0 bridgehead atoms. The number of esters is 1. The third-order valence-corrected chi connectivity index (χ3v) is 4.56. The van der Waals surface area contributed by atoms with E-state index in [1.54, 1.807) is 24.3 Å². The van der Waals surface area contributed by atoms with Gasteiger partial charge in [0, 0.05) is 11.6 Å². The number of hydrogen-bond donors (Lipinski definition) is 3. The largest absolute Gasteiger partial charge is 0.491 e. The third-order valence-electron chi connectivity index (χ3n) is 4.31. The predicted octanol–water partition coefficient (Wildman–Crippen LogP) is 3.85. The van der Waals surface area contributed by atoms with Crippen LogP contribution in [0.15, 0.2) is 54.6 Å². The molecule has 162 valence electrons. The number of aliphatic hydroxyl groups is 1. The molecule has 0 radical (unpaired) electrons. The minimum Gasteiger partial charge on any atom is -0.491 e. The fraction of sp³-hybridized carbons (Fsp3) is 0.364. The van der Waals surface area contributed by atoms with Gasteiger partial charge in [-0.15, -0.1) is 0 Å². The van der Waals surface area contributed by atoms with Gasteiger partial charge in [0.05, 0.1) is 19.0 Å². The van der Waals surface area contributed by atoms with Gasteiger partial charge in [-0.2, -0.15) is 12.6 Å². The Hall–Kier alpha value is -2.71. The number of amides is 1. The first-order valence-corrected chi connectivity index (χ1v) is 10.3. The highest BCUT2D eigenvalue weighted by Gasteiger charge is 2.24. The summed E-state index contributed by atoms with van der Waals surface area (Å²) in [4.78, 5) is 23.8. The van der Waals surface area contributed by atoms with E-state index in [0.29, 0.717) is 17.9 Å². The molecular weight excluding hydrogens is 406 g/mol. The Bertz CT molecular complexity index is 784. The van der Waals surface area contributed by atoms with Gasteiger partial charge in [0.1, 0.15) is 18.5 Å². The van der Waals surface area contributed by atoms with Gasteiger partial charge in [0.25, 0.3) is 0 Å². The number of hydrogen-bond acceptors (Lipinski definition) is 7. The topological polar surface area (TPSA) is 94.1 Å². The number of nitrogens with one attached hydrogen (secondary N) is 1. The highest BCUT2D eigenvalue weighted by Crippen LogP contribution is 2.30. The highest BCUT2D eigenvalue weighted by molar-refractivity contribution is 7.81. The van der Waals surface area contributed by atoms with Crippen molar-refractivity contribution in [3.8, 4) is 5.75 Å². The predicted molar refractivity (Wildman–Crippen MR) is 117 cm³/mol. The van der Waals surface area contributed by atoms with E-state index in [0.717, 1.165) is 5.56 Å². The summed E-state index contributed by atoms with van der Waals surface area (Å²) in [6, 6.07) is 16.1. The third kappa shape index (κ3) is 7.96. The molecule has 0 heterocycles. The van der Waals surface area contributed by atoms with Crippen molar-refractivity contribution in [3.05, 3.63) is 60.2 Å². The number of anilines is 1. The molecule has 0 unspecified atom stereocenters. The standard InChI is InChI=1S/C22H27NO6S/c1-16(11-13-28-20(25)15-30)21(17-7-9-19(10-8-17)27-14-12-24)29-22(26)23-18-5-3-2-4-6-18/h2-10,16,21,24,30H,11-15H2,1H3,(H,23,26)/t16-,21+/m0/s1. The van der Waals surface area contributed by atoms with Gasteiger partial charge in [0.2, 0.25) is 0 Å². The summed E-state index contributed by atoms with van der Waals surface area (Å²) in [5, 5.41) is 11.6. The molecule has 0 fully saturated rings. The number of thiol groups is 1. The number of aliphatic hydroxyl groups excluding tert-OH is 1. The average Bonchev–Trinajstić information content (AvgIpc) is 2.77. The fourth-order valence-electron chi connectivity index (χ4n) is 2.77. The van der Waals surface area contributed by atoms with Gasteiger partial charge < -0.3 is 19.3 Å². The van der Waals surface area contributed by atoms with E-state index in [-0.39, 0.29) is 31.5 Å². The number of carbonyl (C=O) groups excluding carboxylic acids is 2. The number of benzene rings is 2. The first kappa shape index (κ1) is 23.6. The van der Waals surface area contributed by atoms with Crippen LogP contribution in [0.1, 0.15) is 25.0 Å². The SMILES string of the molecule is C[C@@H](CCOC(=O)CS)[C@@H](OC(=O)Nc1ccccc1)c1ccc(OCCO)cc1. The molecule has 0 aliphatic carbocycles. The molecular formula is C22H27NO6S. The number of rotatable bonds is 11. The lowest BCUT2D eigenvalue weighted by molar-refractivity contribution is -0.141. The molecule has 0 aliphatic rings. The molecule has 2 aromatic rings. The van der Waals surface area contributed by atoms with Crippen LogP contribution in [-0.2, 0) is 14.3 Å². The van der Waals surface area contributed by atoms with Gasteiger partial charge >= 0.3 is 12.1 Å². The van der Waals surface area contributed by atoms with E-state index in [1.807, 2.05) is 37.3 Å². The van der Waals surface area contributed by atoms with Gasteiger partial charge in [-0.05, 0) is 36.2 Å². The van der Waals surface area contributed by atoms with Crippen LogP contribution in [0.4, 0.5) is 10.5 Å². The van der Waals surface area contributed by atoms with E-state index in [1.165, 1.54) is 0 Å². The summed E-state index contributed by atoms with van der Waals surface area (Å²) in [7, 11) is 0. The summed E-state index contributed by atoms with van der Waals surface area (Å²) < 4.78 is 16.2. The second-order valence-corrected chi connectivity index (χ2v) is 6.92. The number of para-hydroxylation sites is 1. The molecule has 0 aliphatic heterocycles. The monoisotopic (exact) mass is 433 g/mol. The van der Waals surface area contributed by atoms with Crippen molar-refractivity contribution >= 4 is 30.4 Å². The van der Waals surface area contributed by atoms with Crippen molar-refractivity contribution in [1.82, 2.24) is 0 Å².